The summed E-state index contributed by atoms with van der Waals surface area (Å²) < 4.78 is 18.7. The summed E-state index contributed by atoms with van der Waals surface area (Å²) in [7, 11) is 0. The number of amides is 1. The average Bonchev–Trinajstić information content (AvgIpc) is 3.06. The number of nitrogens with zero attached hydrogens (tertiary/aromatic N) is 1. The Bertz CT molecular complexity index is 663. The second-order valence-electron chi connectivity index (χ2n) is 5.83. The summed E-state index contributed by atoms with van der Waals surface area (Å²) in [5, 5.41) is 9.17. The van der Waals surface area contributed by atoms with Gasteiger partial charge in [0.2, 0.25) is 0 Å². The molecule has 1 aromatic heterocycles. The van der Waals surface area contributed by atoms with Gasteiger partial charge >= 0.3 is 0 Å². The van der Waals surface area contributed by atoms with Crippen molar-refractivity contribution in [3.63, 3.8) is 0 Å². The van der Waals surface area contributed by atoms with Crippen LogP contribution in [0.5, 0.6) is 0 Å². The van der Waals surface area contributed by atoms with Crippen LogP contribution in [-0.2, 0) is 0 Å². The Morgan fingerprint density at radius 3 is 2.74 bits per heavy atom. The maximum atomic E-state index is 13.0. The van der Waals surface area contributed by atoms with E-state index < -0.39 is 0 Å². The molecule has 1 aliphatic rings. The fourth-order valence-corrected chi connectivity index (χ4v) is 3.08. The zero-order chi connectivity index (χ0) is 16.2. The predicted molar refractivity (Wildman–Crippen MR) is 84.5 cm³/mol. The molecule has 1 saturated heterocycles. The molecule has 23 heavy (non-hydrogen) atoms. The minimum absolute atomic E-state index is 0.0700. The number of hydrogen-bond donors (Lipinski definition) is 1. The van der Waals surface area contributed by atoms with E-state index in [1.54, 1.807) is 29.2 Å². The molecule has 0 radical (unpaired) electrons. The molecule has 1 N–H and O–H groups in total. The van der Waals surface area contributed by atoms with Crippen LogP contribution < -0.4 is 0 Å². The van der Waals surface area contributed by atoms with Gasteiger partial charge < -0.3 is 14.4 Å². The molecule has 0 spiro atoms. The molecule has 1 atom stereocenters. The van der Waals surface area contributed by atoms with E-state index in [1.165, 1.54) is 12.1 Å². The molecule has 4 nitrogen and oxygen atoms in total. The van der Waals surface area contributed by atoms with Crippen molar-refractivity contribution in [1.29, 1.82) is 0 Å². The first-order chi connectivity index (χ1) is 11.2. The summed E-state index contributed by atoms with van der Waals surface area (Å²) in [6.45, 7) is 0.767. The summed E-state index contributed by atoms with van der Waals surface area (Å²) in [6.07, 6.45) is 3.56. The van der Waals surface area contributed by atoms with Crippen LogP contribution in [0.2, 0.25) is 0 Å². The van der Waals surface area contributed by atoms with Crippen LogP contribution in [-0.4, -0.2) is 35.1 Å². The van der Waals surface area contributed by atoms with Crippen LogP contribution in [0.1, 0.15) is 36.2 Å². The minimum Gasteiger partial charge on any atom is -0.451 e. The van der Waals surface area contributed by atoms with Crippen molar-refractivity contribution in [1.82, 2.24) is 4.90 Å². The number of aliphatic hydroxyl groups excluding tert-OH is 1. The smallest absolute Gasteiger partial charge is 0.289 e. The van der Waals surface area contributed by atoms with E-state index in [4.69, 9.17) is 4.42 Å². The van der Waals surface area contributed by atoms with Crippen LogP contribution in [0.25, 0.3) is 11.3 Å². The number of likely N-dealkylation sites (tertiary alicyclic amines) is 1. The number of aliphatic hydroxyl groups is 1. The molecule has 5 heteroatoms. The zero-order valence-electron chi connectivity index (χ0n) is 12.9. The molecule has 0 saturated carbocycles. The van der Waals surface area contributed by atoms with E-state index in [-0.39, 0.29) is 30.1 Å². The lowest BCUT2D eigenvalue weighted by atomic mass is 9.99. The summed E-state index contributed by atoms with van der Waals surface area (Å²) in [6, 6.07) is 9.43. The number of piperidine rings is 1. The largest absolute Gasteiger partial charge is 0.451 e. The summed E-state index contributed by atoms with van der Waals surface area (Å²) >= 11 is 0. The molecular weight excluding hydrogens is 297 g/mol. The van der Waals surface area contributed by atoms with E-state index in [9.17, 15) is 14.3 Å². The number of carbonyl (C=O) groups excluding carboxylic acids is 1. The van der Waals surface area contributed by atoms with Crippen molar-refractivity contribution in [2.45, 2.75) is 31.7 Å². The fourth-order valence-electron chi connectivity index (χ4n) is 3.08. The van der Waals surface area contributed by atoms with E-state index in [0.29, 0.717) is 18.7 Å². The van der Waals surface area contributed by atoms with Gasteiger partial charge in [0.15, 0.2) is 5.76 Å². The number of hydrogen-bond acceptors (Lipinski definition) is 3. The topological polar surface area (TPSA) is 53.7 Å². The van der Waals surface area contributed by atoms with Gasteiger partial charge in [-0.25, -0.2) is 4.39 Å². The Morgan fingerprint density at radius 1 is 1.22 bits per heavy atom. The normalized spacial score (nSPS) is 18.2. The first kappa shape index (κ1) is 15.7. The van der Waals surface area contributed by atoms with Gasteiger partial charge in [-0.3, -0.25) is 4.79 Å². The molecule has 1 fully saturated rings. The van der Waals surface area contributed by atoms with Crippen molar-refractivity contribution < 1.29 is 18.7 Å². The van der Waals surface area contributed by atoms with Gasteiger partial charge in [0.25, 0.3) is 5.91 Å². The highest BCUT2D eigenvalue weighted by molar-refractivity contribution is 5.92. The molecule has 1 unspecified atom stereocenters. The highest BCUT2D eigenvalue weighted by atomic mass is 19.1. The quantitative estimate of drug-likeness (QED) is 0.939. The van der Waals surface area contributed by atoms with Gasteiger partial charge in [-0.15, -0.1) is 0 Å². The van der Waals surface area contributed by atoms with Crippen molar-refractivity contribution in [3.05, 3.63) is 48.0 Å². The van der Waals surface area contributed by atoms with E-state index in [1.807, 2.05) is 0 Å². The Labute approximate surface area is 134 Å². The van der Waals surface area contributed by atoms with Crippen molar-refractivity contribution in [2.24, 2.45) is 0 Å². The number of furan rings is 1. The summed E-state index contributed by atoms with van der Waals surface area (Å²) in [4.78, 5) is 14.5. The number of benzene rings is 1. The summed E-state index contributed by atoms with van der Waals surface area (Å²) in [5.74, 6) is 0.381. The zero-order valence-corrected chi connectivity index (χ0v) is 12.9. The fraction of sp³-hybridized carbons (Fsp3) is 0.389. The highest BCUT2D eigenvalue weighted by Gasteiger charge is 2.28. The Kier molecular flexibility index (Phi) is 4.76. The minimum atomic E-state index is -0.309. The van der Waals surface area contributed by atoms with Crippen molar-refractivity contribution in [2.75, 3.05) is 13.2 Å². The first-order valence-electron chi connectivity index (χ1n) is 7.96. The summed E-state index contributed by atoms with van der Waals surface area (Å²) in [5.41, 5.74) is 0.732. The number of halogens is 1. The van der Waals surface area contributed by atoms with Gasteiger partial charge in [-0.2, -0.15) is 0 Å². The number of rotatable bonds is 4. The third-order valence-corrected chi connectivity index (χ3v) is 4.30. The van der Waals surface area contributed by atoms with Crippen LogP contribution in [0, 0.1) is 5.82 Å². The molecule has 2 heterocycles. The lowest BCUT2D eigenvalue weighted by Gasteiger charge is -2.34. The van der Waals surface area contributed by atoms with Crippen LogP contribution in [0.4, 0.5) is 4.39 Å². The maximum Gasteiger partial charge on any atom is 0.289 e. The lowest BCUT2D eigenvalue weighted by Crippen LogP contribution is -2.44. The molecule has 2 aromatic rings. The van der Waals surface area contributed by atoms with E-state index >= 15 is 0 Å². The van der Waals surface area contributed by atoms with Crippen LogP contribution in [0.15, 0.2) is 40.8 Å². The molecule has 0 bridgehead atoms. The van der Waals surface area contributed by atoms with Gasteiger partial charge in [-0.05, 0) is 62.1 Å². The van der Waals surface area contributed by atoms with Gasteiger partial charge in [-0.1, -0.05) is 0 Å². The average molecular weight is 317 g/mol. The third-order valence-electron chi connectivity index (χ3n) is 4.30. The van der Waals surface area contributed by atoms with Gasteiger partial charge in [0.05, 0.1) is 0 Å². The third kappa shape index (κ3) is 3.45. The maximum absolute atomic E-state index is 13.0. The Morgan fingerprint density at radius 2 is 2.00 bits per heavy atom. The molecule has 0 aliphatic carbocycles. The second kappa shape index (κ2) is 6.96. The van der Waals surface area contributed by atoms with E-state index in [2.05, 4.69) is 0 Å². The second-order valence-corrected chi connectivity index (χ2v) is 5.83. The van der Waals surface area contributed by atoms with Crippen molar-refractivity contribution in [3.8, 4) is 11.3 Å². The Hall–Kier alpha value is -2.14. The lowest BCUT2D eigenvalue weighted by molar-refractivity contribution is 0.0544. The van der Waals surface area contributed by atoms with Crippen LogP contribution >= 0.6 is 0 Å². The van der Waals surface area contributed by atoms with Gasteiger partial charge in [0.1, 0.15) is 11.6 Å². The predicted octanol–water partition coefficient (Wildman–Crippen LogP) is 3.46. The van der Waals surface area contributed by atoms with E-state index in [0.717, 1.165) is 24.8 Å². The Balaban J connectivity index is 1.78. The van der Waals surface area contributed by atoms with Crippen LogP contribution in [0.3, 0.4) is 0 Å². The number of carbonyl (C=O) groups is 1. The van der Waals surface area contributed by atoms with Gasteiger partial charge in [0, 0.05) is 24.8 Å². The van der Waals surface area contributed by atoms with Crippen molar-refractivity contribution >= 4 is 5.91 Å². The molecular formula is C18H20FNO3. The standard InChI is InChI=1S/C18H20FNO3/c19-14-6-4-13(5-7-14)16-8-9-17(23-16)18(22)20-11-2-1-3-15(20)10-12-21/h4-9,15,21H,1-3,10-12H2. The molecule has 122 valence electrons. The highest BCUT2D eigenvalue weighted by Crippen LogP contribution is 2.26. The SMILES string of the molecule is O=C(c1ccc(-c2ccc(F)cc2)o1)N1CCCCC1CCO. The molecule has 1 aromatic carbocycles. The molecule has 3 rings (SSSR count). The molecule has 1 aliphatic heterocycles. The monoisotopic (exact) mass is 317 g/mol. The molecule has 1 amide bonds. The first-order valence-corrected chi connectivity index (χ1v) is 7.96.